The number of likely N-dealkylation sites (tertiary alicyclic amines) is 1. The van der Waals surface area contributed by atoms with Crippen molar-refractivity contribution >= 4 is 30.0 Å². The zero-order valence-electron chi connectivity index (χ0n) is 14.8. The van der Waals surface area contributed by atoms with E-state index in [4.69, 9.17) is 9.84 Å². The molecular formula is C18H27ClN2O4. The van der Waals surface area contributed by atoms with Gasteiger partial charge in [0.15, 0.2) is 0 Å². The van der Waals surface area contributed by atoms with Crippen molar-refractivity contribution in [2.45, 2.75) is 45.1 Å². The van der Waals surface area contributed by atoms with E-state index in [0.717, 1.165) is 37.9 Å². The summed E-state index contributed by atoms with van der Waals surface area (Å²) in [5, 5.41) is 11.7. The van der Waals surface area contributed by atoms with E-state index < -0.39 is 5.97 Å². The van der Waals surface area contributed by atoms with Crippen molar-refractivity contribution < 1.29 is 19.4 Å². The molecule has 0 aliphatic carbocycles. The number of anilines is 1. The molecule has 1 amide bonds. The van der Waals surface area contributed by atoms with Gasteiger partial charge in [0.25, 0.3) is 0 Å². The molecule has 1 aliphatic rings. The molecule has 0 bridgehead atoms. The number of amides is 1. The van der Waals surface area contributed by atoms with Crippen LogP contribution in [0.4, 0.5) is 5.69 Å². The third-order valence-electron chi connectivity index (χ3n) is 4.37. The Kier molecular flexibility index (Phi) is 8.72. The van der Waals surface area contributed by atoms with Crippen molar-refractivity contribution in [2.75, 3.05) is 25.5 Å². The van der Waals surface area contributed by atoms with E-state index in [-0.39, 0.29) is 30.8 Å². The number of carbonyl (C=O) groups excluding carboxylic acids is 1. The van der Waals surface area contributed by atoms with E-state index in [1.165, 1.54) is 0 Å². The van der Waals surface area contributed by atoms with Gasteiger partial charge in [0, 0.05) is 6.42 Å². The summed E-state index contributed by atoms with van der Waals surface area (Å²) in [6.45, 7) is 3.62. The average molecular weight is 371 g/mol. The molecule has 0 aromatic heterocycles. The van der Waals surface area contributed by atoms with E-state index >= 15 is 0 Å². The molecule has 1 aromatic rings. The van der Waals surface area contributed by atoms with E-state index in [2.05, 4.69) is 10.2 Å². The lowest BCUT2D eigenvalue weighted by Gasteiger charge is -2.24. The van der Waals surface area contributed by atoms with E-state index in [1.54, 1.807) is 7.11 Å². The Bertz CT molecular complexity index is 594. The lowest BCUT2D eigenvalue weighted by Crippen LogP contribution is -2.40. The predicted molar refractivity (Wildman–Crippen MR) is 99.7 cm³/mol. The molecule has 6 nitrogen and oxygen atoms in total. The van der Waals surface area contributed by atoms with Crippen LogP contribution in [0, 0.1) is 6.92 Å². The molecule has 0 saturated carbocycles. The zero-order chi connectivity index (χ0) is 17.5. The number of methoxy groups -OCH3 is 1. The zero-order valence-corrected chi connectivity index (χ0v) is 15.6. The average Bonchev–Trinajstić information content (AvgIpc) is 3.00. The molecule has 1 unspecified atom stereocenters. The molecule has 2 N–H and O–H groups in total. The van der Waals surface area contributed by atoms with E-state index in [0.29, 0.717) is 17.9 Å². The van der Waals surface area contributed by atoms with Gasteiger partial charge in [0.2, 0.25) is 5.91 Å². The molecule has 2 rings (SSSR count). The van der Waals surface area contributed by atoms with Gasteiger partial charge in [-0.2, -0.15) is 0 Å². The third-order valence-corrected chi connectivity index (χ3v) is 4.37. The molecule has 1 heterocycles. The first-order chi connectivity index (χ1) is 11.5. The summed E-state index contributed by atoms with van der Waals surface area (Å²) in [5.74, 6) is -0.133. The monoisotopic (exact) mass is 370 g/mol. The summed E-state index contributed by atoms with van der Waals surface area (Å²) in [6, 6.07) is 5.55. The van der Waals surface area contributed by atoms with Crippen LogP contribution >= 0.6 is 12.4 Å². The minimum Gasteiger partial charge on any atom is -0.495 e. The van der Waals surface area contributed by atoms with Gasteiger partial charge in [-0.05, 0) is 63.4 Å². The Labute approximate surface area is 154 Å². The normalized spacial score (nSPS) is 17.0. The number of rotatable bonds is 8. The first-order valence-electron chi connectivity index (χ1n) is 8.42. The number of aryl methyl sites for hydroxylation is 1. The lowest BCUT2D eigenvalue weighted by molar-refractivity contribution is -0.137. The summed E-state index contributed by atoms with van der Waals surface area (Å²) in [6.07, 6.45) is 3.45. The van der Waals surface area contributed by atoms with Crippen LogP contribution in [0.3, 0.4) is 0 Å². The number of carboxylic acid groups (broad SMARTS) is 1. The Morgan fingerprint density at radius 3 is 2.80 bits per heavy atom. The second-order valence-electron chi connectivity index (χ2n) is 6.24. The SMILES string of the molecule is COc1ccc(C)cc1NC(=O)C1CCCN1CCCCC(=O)O.Cl. The number of nitrogens with one attached hydrogen (secondary N) is 1. The van der Waals surface area contributed by atoms with Crippen LogP contribution in [0.1, 0.15) is 37.7 Å². The second kappa shape index (κ2) is 10.3. The van der Waals surface area contributed by atoms with Gasteiger partial charge in [-0.3, -0.25) is 14.5 Å². The molecule has 0 radical (unpaired) electrons. The quantitative estimate of drug-likeness (QED) is 0.687. The first-order valence-corrected chi connectivity index (χ1v) is 8.42. The highest BCUT2D eigenvalue weighted by Gasteiger charge is 2.30. The fraction of sp³-hybridized carbons (Fsp3) is 0.556. The molecule has 0 spiro atoms. The van der Waals surface area contributed by atoms with Crippen molar-refractivity contribution in [3.05, 3.63) is 23.8 Å². The molecule has 1 aromatic carbocycles. The minimum absolute atomic E-state index is 0. The van der Waals surface area contributed by atoms with E-state index in [9.17, 15) is 9.59 Å². The standard InChI is InChI=1S/C18H26N2O4.ClH/c1-13-8-9-16(24-2)14(12-13)19-18(23)15-6-5-11-20(15)10-4-3-7-17(21)22;/h8-9,12,15H,3-7,10-11H2,1-2H3,(H,19,23)(H,21,22);1H. The number of nitrogens with zero attached hydrogens (tertiary/aromatic N) is 1. The summed E-state index contributed by atoms with van der Waals surface area (Å²) in [4.78, 5) is 25.4. The largest absolute Gasteiger partial charge is 0.495 e. The maximum atomic E-state index is 12.6. The maximum absolute atomic E-state index is 12.6. The number of benzene rings is 1. The fourth-order valence-corrected chi connectivity index (χ4v) is 3.12. The Balaban J connectivity index is 0.00000312. The number of unbranched alkanes of at least 4 members (excludes halogenated alkanes) is 1. The Morgan fingerprint density at radius 2 is 2.12 bits per heavy atom. The van der Waals surface area contributed by atoms with Gasteiger partial charge >= 0.3 is 5.97 Å². The first kappa shape index (κ1) is 21.3. The molecule has 1 aliphatic heterocycles. The van der Waals surface area contributed by atoms with Crippen molar-refractivity contribution in [1.82, 2.24) is 4.90 Å². The predicted octanol–water partition coefficient (Wildman–Crippen LogP) is 3.08. The third kappa shape index (κ3) is 6.21. The van der Waals surface area contributed by atoms with Crippen LogP contribution in [-0.4, -0.2) is 48.1 Å². The number of halogens is 1. The van der Waals surface area contributed by atoms with Crippen LogP contribution in [-0.2, 0) is 9.59 Å². The number of hydrogen-bond donors (Lipinski definition) is 2. The van der Waals surface area contributed by atoms with Crippen LogP contribution in [0.2, 0.25) is 0 Å². The molecule has 1 saturated heterocycles. The highest BCUT2D eigenvalue weighted by molar-refractivity contribution is 5.96. The topological polar surface area (TPSA) is 78.9 Å². The number of carbonyl (C=O) groups is 2. The number of aliphatic carboxylic acids is 1. The second-order valence-corrected chi connectivity index (χ2v) is 6.24. The van der Waals surface area contributed by atoms with Gasteiger partial charge in [-0.25, -0.2) is 0 Å². The van der Waals surface area contributed by atoms with Gasteiger partial charge in [0.1, 0.15) is 5.75 Å². The Morgan fingerprint density at radius 1 is 1.36 bits per heavy atom. The van der Waals surface area contributed by atoms with Crippen molar-refractivity contribution in [2.24, 2.45) is 0 Å². The number of ether oxygens (including phenoxy) is 1. The van der Waals surface area contributed by atoms with Crippen molar-refractivity contribution in [3.63, 3.8) is 0 Å². The molecule has 140 valence electrons. The smallest absolute Gasteiger partial charge is 0.303 e. The van der Waals surface area contributed by atoms with Crippen LogP contribution < -0.4 is 10.1 Å². The molecule has 1 atom stereocenters. The summed E-state index contributed by atoms with van der Waals surface area (Å²) >= 11 is 0. The Hall–Kier alpha value is -1.79. The molecule has 7 heteroatoms. The number of hydrogen-bond acceptors (Lipinski definition) is 4. The van der Waals surface area contributed by atoms with Crippen molar-refractivity contribution in [3.8, 4) is 5.75 Å². The summed E-state index contributed by atoms with van der Waals surface area (Å²) < 4.78 is 5.31. The van der Waals surface area contributed by atoms with Gasteiger partial charge in [-0.1, -0.05) is 6.07 Å². The molecule has 25 heavy (non-hydrogen) atoms. The van der Waals surface area contributed by atoms with Crippen LogP contribution in [0.5, 0.6) is 5.75 Å². The fourth-order valence-electron chi connectivity index (χ4n) is 3.12. The molecule has 1 fully saturated rings. The number of carboxylic acids is 1. The maximum Gasteiger partial charge on any atom is 0.303 e. The van der Waals surface area contributed by atoms with Gasteiger partial charge < -0.3 is 15.2 Å². The van der Waals surface area contributed by atoms with E-state index in [1.807, 2.05) is 25.1 Å². The summed E-state index contributed by atoms with van der Waals surface area (Å²) in [5.41, 5.74) is 1.75. The van der Waals surface area contributed by atoms with Crippen LogP contribution in [0.15, 0.2) is 18.2 Å². The van der Waals surface area contributed by atoms with Crippen molar-refractivity contribution in [1.29, 1.82) is 0 Å². The van der Waals surface area contributed by atoms with Gasteiger partial charge in [0.05, 0.1) is 18.8 Å². The van der Waals surface area contributed by atoms with Gasteiger partial charge in [-0.15, -0.1) is 12.4 Å². The molecular weight excluding hydrogens is 344 g/mol. The van der Waals surface area contributed by atoms with Crippen LogP contribution in [0.25, 0.3) is 0 Å². The summed E-state index contributed by atoms with van der Waals surface area (Å²) in [7, 11) is 1.59. The minimum atomic E-state index is -0.766. The lowest BCUT2D eigenvalue weighted by atomic mass is 10.1. The highest BCUT2D eigenvalue weighted by atomic mass is 35.5. The highest BCUT2D eigenvalue weighted by Crippen LogP contribution is 2.27.